The second-order valence-electron chi connectivity index (χ2n) is 10.0. The van der Waals surface area contributed by atoms with Crippen LogP contribution in [0.15, 0.2) is 130 Å². The van der Waals surface area contributed by atoms with Crippen molar-refractivity contribution in [2.75, 3.05) is 0 Å². The number of furan rings is 2. The second-order valence-corrected chi connectivity index (χ2v) is 11.0. The minimum absolute atomic E-state index is 0.921. The smallest absolute Gasteiger partial charge is 0.143 e. The van der Waals surface area contributed by atoms with Crippen LogP contribution in [-0.4, -0.2) is 0 Å². The lowest BCUT2D eigenvalue weighted by Gasteiger charge is -2.04. The molecule has 0 amide bonds. The van der Waals surface area contributed by atoms with Gasteiger partial charge in [0, 0.05) is 64.0 Å². The number of para-hydroxylation sites is 4. The van der Waals surface area contributed by atoms with Crippen molar-refractivity contribution in [1.82, 2.24) is 0 Å². The van der Waals surface area contributed by atoms with Crippen molar-refractivity contribution in [3.63, 3.8) is 0 Å². The van der Waals surface area contributed by atoms with Gasteiger partial charge in [-0.05, 0) is 12.1 Å². The van der Waals surface area contributed by atoms with Gasteiger partial charge in [0.05, 0.1) is 0 Å². The average Bonchev–Trinajstić information content (AvgIpc) is 3.68. The van der Waals surface area contributed by atoms with E-state index >= 15 is 0 Å². The highest BCUT2D eigenvalue weighted by Gasteiger charge is 2.19. The lowest BCUT2D eigenvalue weighted by molar-refractivity contribution is 0.669. The van der Waals surface area contributed by atoms with Gasteiger partial charge in [-0.1, -0.05) is 109 Å². The molecule has 9 aromatic rings. The summed E-state index contributed by atoms with van der Waals surface area (Å²) in [4.78, 5) is 0. The number of fused-ring (bicyclic) bond motifs is 9. The van der Waals surface area contributed by atoms with Crippen molar-refractivity contribution in [3.8, 4) is 22.3 Å². The van der Waals surface area contributed by atoms with Crippen molar-refractivity contribution < 1.29 is 8.83 Å². The van der Waals surface area contributed by atoms with Crippen molar-refractivity contribution in [1.29, 1.82) is 0 Å². The molecule has 0 aliphatic heterocycles. The van der Waals surface area contributed by atoms with E-state index in [0.717, 1.165) is 55.0 Å². The zero-order valence-corrected chi connectivity index (χ0v) is 21.6. The van der Waals surface area contributed by atoms with E-state index in [4.69, 9.17) is 8.83 Å². The summed E-state index contributed by atoms with van der Waals surface area (Å²) in [5, 5.41) is 7.13. The van der Waals surface area contributed by atoms with E-state index < -0.39 is 0 Å². The summed E-state index contributed by atoms with van der Waals surface area (Å²) < 4.78 is 15.4. The van der Waals surface area contributed by atoms with Crippen LogP contribution in [0, 0.1) is 0 Å². The Morgan fingerprint density at radius 3 is 1.21 bits per heavy atom. The molecule has 0 fully saturated rings. The molecule has 3 heterocycles. The van der Waals surface area contributed by atoms with E-state index in [1.165, 1.54) is 31.3 Å². The minimum Gasteiger partial charge on any atom is -0.455 e. The monoisotopic (exact) mass is 516 g/mol. The third-order valence-electron chi connectivity index (χ3n) is 7.91. The maximum atomic E-state index is 6.42. The summed E-state index contributed by atoms with van der Waals surface area (Å²) in [7, 11) is 0. The average molecular weight is 517 g/mol. The van der Waals surface area contributed by atoms with E-state index in [1.54, 1.807) is 0 Å². The molecule has 2 nitrogen and oxygen atoms in total. The number of rotatable bonds is 2. The maximum absolute atomic E-state index is 6.42. The molecular formula is C36H20O2S. The third-order valence-corrected chi connectivity index (χ3v) is 9.20. The lowest BCUT2D eigenvalue weighted by Crippen LogP contribution is -1.80. The molecule has 0 saturated carbocycles. The number of hydrogen-bond donors (Lipinski definition) is 0. The van der Waals surface area contributed by atoms with E-state index in [9.17, 15) is 0 Å². The molecule has 0 spiro atoms. The molecule has 0 aliphatic carbocycles. The molecule has 0 N–H and O–H groups in total. The molecule has 0 aliphatic rings. The lowest BCUT2D eigenvalue weighted by atomic mass is 9.98. The summed E-state index contributed by atoms with van der Waals surface area (Å²) >= 11 is 1.85. The van der Waals surface area contributed by atoms with Gasteiger partial charge in [-0.2, -0.15) is 0 Å². The molecule has 3 aromatic heterocycles. The fourth-order valence-electron chi connectivity index (χ4n) is 6.16. The van der Waals surface area contributed by atoms with Crippen LogP contribution in [-0.2, 0) is 0 Å². The van der Waals surface area contributed by atoms with Crippen molar-refractivity contribution >= 4 is 75.4 Å². The first-order valence-electron chi connectivity index (χ1n) is 13.1. The van der Waals surface area contributed by atoms with Gasteiger partial charge in [-0.3, -0.25) is 0 Å². The normalized spacial score (nSPS) is 12.1. The largest absolute Gasteiger partial charge is 0.455 e. The first-order chi connectivity index (χ1) is 19.3. The summed E-state index contributed by atoms with van der Waals surface area (Å²) in [5.41, 5.74) is 8.38. The van der Waals surface area contributed by atoms with Crippen LogP contribution in [0.3, 0.4) is 0 Å². The van der Waals surface area contributed by atoms with Crippen LogP contribution in [0.25, 0.3) is 86.3 Å². The van der Waals surface area contributed by atoms with Gasteiger partial charge in [-0.15, -0.1) is 11.3 Å². The van der Waals surface area contributed by atoms with Crippen LogP contribution in [0.5, 0.6) is 0 Å². The Morgan fingerprint density at radius 2 is 0.718 bits per heavy atom. The fourth-order valence-corrected chi connectivity index (χ4v) is 7.52. The molecule has 0 saturated heterocycles. The zero-order valence-electron chi connectivity index (χ0n) is 20.8. The topological polar surface area (TPSA) is 26.3 Å². The number of hydrogen-bond acceptors (Lipinski definition) is 3. The third kappa shape index (κ3) is 2.91. The van der Waals surface area contributed by atoms with Crippen LogP contribution in [0.1, 0.15) is 0 Å². The quantitative estimate of drug-likeness (QED) is 0.228. The highest BCUT2D eigenvalue weighted by atomic mass is 32.1. The van der Waals surface area contributed by atoms with Gasteiger partial charge >= 0.3 is 0 Å². The summed E-state index contributed by atoms with van der Waals surface area (Å²) in [6.07, 6.45) is 0. The number of benzene rings is 6. The molecular weight excluding hydrogens is 496 g/mol. The molecule has 0 bridgehead atoms. The Balaban J connectivity index is 1.34. The fraction of sp³-hybridized carbons (Fsp3) is 0. The Morgan fingerprint density at radius 1 is 0.333 bits per heavy atom. The Bertz CT molecular complexity index is 2230. The highest BCUT2D eigenvalue weighted by molar-refractivity contribution is 7.26. The van der Waals surface area contributed by atoms with Crippen LogP contribution in [0.4, 0.5) is 0 Å². The van der Waals surface area contributed by atoms with E-state index in [1.807, 2.05) is 35.6 Å². The summed E-state index contributed by atoms with van der Waals surface area (Å²) in [6.45, 7) is 0. The number of thiophene rings is 1. The van der Waals surface area contributed by atoms with Crippen molar-refractivity contribution in [3.05, 3.63) is 121 Å². The van der Waals surface area contributed by atoms with Crippen LogP contribution < -0.4 is 0 Å². The van der Waals surface area contributed by atoms with Gasteiger partial charge < -0.3 is 8.83 Å². The molecule has 39 heavy (non-hydrogen) atoms. The van der Waals surface area contributed by atoms with Gasteiger partial charge in [0.1, 0.15) is 22.3 Å². The SMILES string of the molecule is c1ccc2c(c1)oc1c(-c3cccc4c3sc3c(-c5cccc6c5oc5ccccc56)cccc34)cccc12. The molecule has 0 radical (unpaired) electrons. The summed E-state index contributed by atoms with van der Waals surface area (Å²) in [5.74, 6) is 0. The molecule has 9 rings (SSSR count). The zero-order chi connectivity index (χ0) is 25.5. The van der Waals surface area contributed by atoms with Crippen molar-refractivity contribution in [2.24, 2.45) is 0 Å². The molecule has 182 valence electrons. The Kier molecular flexibility index (Phi) is 4.24. The van der Waals surface area contributed by atoms with Gasteiger partial charge in [0.15, 0.2) is 0 Å². The predicted octanol–water partition coefficient (Wildman–Crippen LogP) is 11.2. The van der Waals surface area contributed by atoms with E-state index in [0.29, 0.717) is 0 Å². The van der Waals surface area contributed by atoms with Gasteiger partial charge in [0.2, 0.25) is 0 Å². The molecule has 6 aromatic carbocycles. The van der Waals surface area contributed by atoms with Gasteiger partial charge in [0.25, 0.3) is 0 Å². The Hall–Kier alpha value is -4.86. The minimum atomic E-state index is 0.921. The molecule has 0 unspecified atom stereocenters. The maximum Gasteiger partial charge on any atom is 0.143 e. The molecule has 3 heteroatoms. The first-order valence-corrected chi connectivity index (χ1v) is 13.9. The second kappa shape index (κ2) is 7.83. The standard InChI is InChI=1S/C36H20O2S/c1-3-19-31-21(9-1)23-11-5-13-25(33(23)37-31)27-15-7-17-29-30-18-8-16-28(36(30)39-35(27)29)26-14-6-12-24-22-10-2-4-20-32(22)38-34(24)26/h1-20H. The van der Waals surface area contributed by atoms with Crippen LogP contribution in [0.2, 0.25) is 0 Å². The Labute approximate surface area is 227 Å². The first kappa shape index (κ1) is 21.1. The highest BCUT2D eigenvalue weighted by Crippen LogP contribution is 2.47. The summed E-state index contributed by atoms with van der Waals surface area (Å²) in [6, 6.07) is 42.8. The van der Waals surface area contributed by atoms with E-state index in [-0.39, 0.29) is 0 Å². The van der Waals surface area contributed by atoms with Gasteiger partial charge in [-0.25, -0.2) is 0 Å². The molecule has 0 atom stereocenters. The van der Waals surface area contributed by atoms with Crippen LogP contribution >= 0.6 is 11.3 Å². The van der Waals surface area contributed by atoms with Crippen molar-refractivity contribution in [2.45, 2.75) is 0 Å². The van der Waals surface area contributed by atoms with E-state index in [2.05, 4.69) is 97.1 Å². The predicted molar refractivity (Wildman–Crippen MR) is 165 cm³/mol.